The fourth-order valence-electron chi connectivity index (χ4n) is 5.22. The van der Waals surface area contributed by atoms with E-state index >= 15 is 0 Å². The van der Waals surface area contributed by atoms with Crippen molar-refractivity contribution in [1.29, 1.82) is 0 Å². The van der Waals surface area contributed by atoms with E-state index < -0.39 is 0 Å². The number of carbonyl (C=O) groups is 1. The van der Waals surface area contributed by atoms with Crippen LogP contribution in [0.1, 0.15) is 24.6 Å². The van der Waals surface area contributed by atoms with Gasteiger partial charge in [-0.05, 0) is 48.7 Å². The second-order valence-corrected chi connectivity index (χ2v) is 9.92. The van der Waals surface area contributed by atoms with Crippen molar-refractivity contribution in [2.45, 2.75) is 26.7 Å². The molecular formula is C31H30ClFN4O. The van der Waals surface area contributed by atoms with Gasteiger partial charge in [0.25, 0.3) is 0 Å². The number of aromatic nitrogens is 2. The highest BCUT2D eigenvalue weighted by atomic mass is 35.5. The van der Waals surface area contributed by atoms with Crippen molar-refractivity contribution in [1.82, 2.24) is 14.9 Å². The molecule has 1 fully saturated rings. The molecule has 1 saturated heterocycles. The molecule has 1 aliphatic heterocycles. The van der Waals surface area contributed by atoms with E-state index in [2.05, 4.69) is 30.5 Å². The number of nitrogens with zero attached hydrogens (tertiary/aromatic N) is 4. The number of rotatable bonds is 6. The van der Waals surface area contributed by atoms with Gasteiger partial charge >= 0.3 is 0 Å². The first kappa shape index (κ1) is 25.9. The summed E-state index contributed by atoms with van der Waals surface area (Å²) in [5.41, 5.74) is 5.58. The summed E-state index contributed by atoms with van der Waals surface area (Å²) in [7, 11) is 0. The summed E-state index contributed by atoms with van der Waals surface area (Å²) in [5, 5.41) is 1.17. The van der Waals surface area contributed by atoms with Gasteiger partial charge in [0.1, 0.15) is 11.6 Å². The zero-order valence-electron chi connectivity index (χ0n) is 21.7. The van der Waals surface area contributed by atoms with Gasteiger partial charge < -0.3 is 9.80 Å². The molecule has 0 radical (unpaired) electrons. The molecule has 0 unspecified atom stereocenters. The zero-order valence-corrected chi connectivity index (χ0v) is 22.4. The maximum absolute atomic E-state index is 14.9. The Hall–Kier alpha value is -3.77. The Morgan fingerprint density at radius 2 is 1.74 bits per heavy atom. The lowest BCUT2D eigenvalue weighted by atomic mass is 9.93. The SMILES string of the molecule is C=CC(=O)N1CCN(c2nc(C)c(-c3ccccc3CCC)c3nc(-c4ccccc4F)c(Cl)cc23)CC1. The van der Waals surface area contributed by atoms with Crippen LogP contribution in [0.3, 0.4) is 0 Å². The van der Waals surface area contributed by atoms with E-state index in [1.165, 1.54) is 17.7 Å². The van der Waals surface area contributed by atoms with Gasteiger partial charge in [-0.25, -0.2) is 14.4 Å². The number of hydrogen-bond acceptors (Lipinski definition) is 4. The van der Waals surface area contributed by atoms with E-state index in [-0.39, 0.29) is 11.7 Å². The summed E-state index contributed by atoms with van der Waals surface area (Å²) < 4.78 is 14.9. The molecule has 2 aromatic carbocycles. The number of pyridine rings is 2. The Labute approximate surface area is 227 Å². The largest absolute Gasteiger partial charge is 0.352 e. The van der Waals surface area contributed by atoms with E-state index in [0.717, 1.165) is 46.4 Å². The molecule has 1 aliphatic rings. The second kappa shape index (κ2) is 10.9. The lowest BCUT2D eigenvalue weighted by molar-refractivity contribution is -0.126. The molecule has 4 aromatic rings. The zero-order chi connectivity index (χ0) is 26.8. The Bertz CT molecular complexity index is 1530. The summed E-state index contributed by atoms with van der Waals surface area (Å²) in [5.74, 6) is 0.332. The summed E-state index contributed by atoms with van der Waals surface area (Å²) >= 11 is 6.78. The molecule has 38 heavy (non-hydrogen) atoms. The van der Waals surface area contributed by atoms with Crippen LogP contribution in [0.25, 0.3) is 33.3 Å². The molecule has 5 rings (SSSR count). The van der Waals surface area contributed by atoms with Crippen LogP contribution in [0.4, 0.5) is 10.2 Å². The lowest BCUT2D eigenvalue weighted by Gasteiger charge is -2.35. The molecule has 0 saturated carbocycles. The Kier molecular flexibility index (Phi) is 7.43. The number of halogens is 2. The highest BCUT2D eigenvalue weighted by molar-refractivity contribution is 6.34. The Morgan fingerprint density at radius 1 is 1.05 bits per heavy atom. The average Bonchev–Trinajstić information content (AvgIpc) is 2.93. The van der Waals surface area contributed by atoms with E-state index in [4.69, 9.17) is 21.6 Å². The van der Waals surface area contributed by atoms with Gasteiger partial charge in [0.2, 0.25) is 5.91 Å². The highest BCUT2D eigenvalue weighted by Crippen LogP contribution is 2.40. The lowest BCUT2D eigenvalue weighted by Crippen LogP contribution is -2.48. The topological polar surface area (TPSA) is 49.3 Å². The number of anilines is 1. The quantitative estimate of drug-likeness (QED) is 0.257. The minimum absolute atomic E-state index is 0.0687. The molecule has 0 aliphatic carbocycles. The van der Waals surface area contributed by atoms with Gasteiger partial charge in [-0.3, -0.25) is 4.79 Å². The number of benzene rings is 2. The van der Waals surface area contributed by atoms with Gasteiger partial charge in [0.05, 0.1) is 16.2 Å². The molecule has 5 nitrogen and oxygen atoms in total. The van der Waals surface area contributed by atoms with E-state index in [9.17, 15) is 9.18 Å². The summed E-state index contributed by atoms with van der Waals surface area (Å²) in [6.07, 6.45) is 3.28. The van der Waals surface area contributed by atoms with Crippen LogP contribution < -0.4 is 4.90 Å². The third-order valence-corrected chi connectivity index (χ3v) is 7.38. The van der Waals surface area contributed by atoms with Gasteiger partial charge in [0.15, 0.2) is 0 Å². The Morgan fingerprint density at radius 3 is 2.42 bits per heavy atom. The van der Waals surface area contributed by atoms with Gasteiger partial charge in [-0.1, -0.05) is 67.9 Å². The van der Waals surface area contributed by atoms with Crippen molar-refractivity contribution < 1.29 is 9.18 Å². The van der Waals surface area contributed by atoms with Crippen molar-refractivity contribution in [3.8, 4) is 22.4 Å². The second-order valence-electron chi connectivity index (χ2n) is 9.51. The van der Waals surface area contributed by atoms with Crippen LogP contribution in [0, 0.1) is 12.7 Å². The first-order chi connectivity index (χ1) is 18.4. The van der Waals surface area contributed by atoms with Crippen LogP contribution in [-0.4, -0.2) is 47.0 Å². The highest BCUT2D eigenvalue weighted by Gasteiger charge is 2.26. The van der Waals surface area contributed by atoms with Crippen LogP contribution in [0.5, 0.6) is 0 Å². The third-order valence-electron chi connectivity index (χ3n) is 7.09. The average molecular weight is 529 g/mol. The molecule has 0 atom stereocenters. The maximum Gasteiger partial charge on any atom is 0.246 e. The standard InChI is InChI=1S/C31H30ClFN4O/c1-4-10-21-11-6-7-12-22(21)28-20(3)34-31(37-17-15-36(16-18-37)27(38)5-2)24-19-25(32)29(35-30(24)28)23-13-8-9-14-26(23)33/h5-9,11-14,19H,2,4,10,15-18H2,1,3H3. The van der Waals surface area contributed by atoms with Gasteiger partial charge in [-0.15, -0.1) is 0 Å². The summed E-state index contributed by atoms with van der Waals surface area (Å²) in [6.45, 7) is 10.2. The monoisotopic (exact) mass is 528 g/mol. The normalized spacial score (nSPS) is 13.7. The minimum atomic E-state index is -0.372. The first-order valence-electron chi connectivity index (χ1n) is 12.9. The van der Waals surface area contributed by atoms with E-state index in [0.29, 0.717) is 42.5 Å². The maximum atomic E-state index is 14.9. The van der Waals surface area contributed by atoms with Gasteiger partial charge in [-0.2, -0.15) is 0 Å². The molecule has 194 valence electrons. The van der Waals surface area contributed by atoms with Crippen molar-refractivity contribution in [3.63, 3.8) is 0 Å². The molecule has 0 spiro atoms. The van der Waals surface area contributed by atoms with Crippen molar-refractivity contribution in [2.24, 2.45) is 0 Å². The smallest absolute Gasteiger partial charge is 0.246 e. The molecular weight excluding hydrogens is 499 g/mol. The fourth-order valence-corrected chi connectivity index (χ4v) is 5.47. The fraction of sp³-hybridized carbons (Fsp3) is 0.258. The molecule has 2 aromatic heterocycles. The third kappa shape index (κ3) is 4.76. The molecule has 1 amide bonds. The molecule has 0 bridgehead atoms. The molecule has 0 N–H and O–H groups in total. The number of carbonyl (C=O) groups excluding carboxylic acids is 1. The summed E-state index contributed by atoms with van der Waals surface area (Å²) in [6, 6.07) is 16.7. The van der Waals surface area contributed by atoms with E-state index in [1.54, 1.807) is 23.1 Å². The van der Waals surface area contributed by atoms with Crippen LogP contribution >= 0.6 is 11.6 Å². The van der Waals surface area contributed by atoms with Crippen molar-refractivity contribution in [2.75, 3.05) is 31.1 Å². The predicted octanol–water partition coefficient (Wildman–Crippen LogP) is 6.85. The van der Waals surface area contributed by atoms with Gasteiger partial charge in [0, 0.05) is 48.4 Å². The van der Waals surface area contributed by atoms with Crippen molar-refractivity contribution >= 4 is 34.2 Å². The summed E-state index contributed by atoms with van der Waals surface area (Å²) in [4.78, 5) is 26.2. The number of piperazine rings is 1. The minimum Gasteiger partial charge on any atom is -0.352 e. The van der Waals surface area contributed by atoms with Crippen LogP contribution in [0.2, 0.25) is 5.02 Å². The van der Waals surface area contributed by atoms with E-state index in [1.807, 2.05) is 25.1 Å². The molecule has 3 heterocycles. The van der Waals surface area contributed by atoms with Crippen LogP contribution in [0.15, 0.2) is 67.3 Å². The number of aryl methyl sites for hydroxylation is 2. The molecule has 7 heteroatoms. The first-order valence-corrected chi connectivity index (χ1v) is 13.3. The Balaban J connectivity index is 1.74. The van der Waals surface area contributed by atoms with Crippen LogP contribution in [-0.2, 0) is 11.2 Å². The van der Waals surface area contributed by atoms with Crippen molar-refractivity contribution in [3.05, 3.63) is 89.3 Å². The number of fused-ring (bicyclic) bond motifs is 1. The number of hydrogen-bond donors (Lipinski definition) is 0. The predicted molar refractivity (Wildman–Crippen MR) is 153 cm³/mol. The number of amides is 1.